The maximum absolute atomic E-state index is 13.2. The molecule has 2 aromatic carbocycles. The van der Waals surface area contributed by atoms with Crippen molar-refractivity contribution in [2.75, 3.05) is 11.4 Å². The van der Waals surface area contributed by atoms with E-state index >= 15 is 0 Å². The van der Waals surface area contributed by atoms with Gasteiger partial charge >= 0.3 is 0 Å². The van der Waals surface area contributed by atoms with Gasteiger partial charge in [-0.15, -0.1) is 0 Å². The van der Waals surface area contributed by atoms with Crippen LogP contribution in [0.1, 0.15) is 29.1 Å². The van der Waals surface area contributed by atoms with Crippen molar-refractivity contribution >= 4 is 23.2 Å². The predicted octanol–water partition coefficient (Wildman–Crippen LogP) is 4.48. The summed E-state index contributed by atoms with van der Waals surface area (Å²) in [6, 6.07) is 14.8. The molecule has 0 bridgehead atoms. The van der Waals surface area contributed by atoms with Crippen LogP contribution >= 0.6 is 11.6 Å². The highest BCUT2D eigenvalue weighted by molar-refractivity contribution is 6.30. The largest absolute Gasteiger partial charge is 0.487 e. The van der Waals surface area contributed by atoms with Gasteiger partial charge in [-0.1, -0.05) is 17.7 Å². The Morgan fingerprint density at radius 2 is 2.00 bits per heavy atom. The Balaban J connectivity index is 1.55. The Bertz CT molecular complexity index is 987. The van der Waals surface area contributed by atoms with Crippen LogP contribution in [0.3, 0.4) is 0 Å². The van der Waals surface area contributed by atoms with Gasteiger partial charge < -0.3 is 9.64 Å². The number of benzene rings is 2. The normalized spacial score (nSPS) is 16.3. The van der Waals surface area contributed by atoms with Crippen LogP contribution in [0.4, 0.5) is 10.1 Å². The summed E-state index contributed by atoms with van der Waals surface area (Å²) in [5, 5.41) is 5.11. The first kappa shape index (κ1) is 17.5. The number of anilines is 1. The molecule has 27 heavy (non-hydrogen) atoms. The molecule has 1 aliphatic rings. The number of rotatable bonds is 4. The molecule has 0 unspecified atom stereocenters. The minimum atomic E-state index is -0.332. The van der Waals surface area contributed by atoms with Crippen molar-refractivity contribution in [3.63, 3.8) is 0 Å². The summed E-state index contributed by atoms with van der Waals surface area (Å²) in [6.07, 6.45) is 0. The monoisotopic (exact) mass is 385 g/mol. The number of carbonyl (C=O) groups is 1. The Hall–Kier alpha value is -2.86. The van der Waals surface area contributed by atoms with Gasteiger partial charge in [0.15, 0.2) is 0 Å². The van der Waals surface area contributed by atoms with Crippen molar-refractivity contribution in [1.29, 1.82) is 0 Å². The summed E-state index contributed by atoms with van der Waals surface area (Å²) in [5.41, 5.74) is 1.81. The number of aromatic nitrogens is 2. The number of amides is 1. The number of nitrogens with zero attached hydrogens (tertiary/aromatic N) is 3. The molecule has 5 nitrogen and oxygen atoms in total. The van der Waals surface area contributed by atoms with Crippen LogP contribution in [0.2, 0.25) is 5.02 Å². The molecule has 138 valence electrons. The number of halogens is 2. The molecule has 1 atom stereocenters. The molecule has 0 saturated heterocycles. The van der Waals surface area contributed by atoms with E-state index in [1.165, 1.54) is 12.1 Å². The number of carbonyl (C=O) groups excluding carboxylic acids is 1. The second-order valence-electron chi connectivity index (χ2n) is 6.45. The van der Waals surface area contributed by atoms with Gasteiger partial charge in [-0.2, -0.15) is 5.10 Å². The van der Waals surface area contributed by atoms with Gasteiger partial charge in [-0.25, -0.2) is 4.39 Å². The molecule has 0 N–H and O–H groups in total. The Morgan fingerprint density at radius 3 is 2.74 bits per heavy atom. The number of hydrogen-bond acceptors (Lipinski definition) is 3. The highest BCUT2D eigenvalue weighted by Gasteiger charge is 2.31. The Morgan fingerprint density at radius 1 is 1.22 bits per heavy atom. The van der Waals surface area contributed by atoms with E-state index in [9.17, 15) is 9.18 Å². The van der Waals surface area contributed by atoms with Crippen molar-refractivity contribution < 1.29 is 13.9 Å². The summed E-state index contributed by atoms with van der Waals surface area (Å²) < 4.78 is 20.6. The molecular formula is C20H17ClFN3O2. The summed E-state index contributed by atoms with van der Waals surface area (Å²) >= 11 is 5.96. The molecule has 0 radical (unpaired) electrons. The van der Waals surface area contributed by atoms with Crippen LogP contribution in [0.5, 0.6) is 5.75 Å². The molecule has 1 amide bonds. The number of fused-ring (bicyclic) bond motifs is 1. The van der Waals surface area contributed by atoms with E-state index in [0.717, 1.165) is 0 Å². The molecule has 2 heterocycles. The summed E-state index contributed by atoms with van der Waals surface area (Å²) in [5.74, 6) is 0.142. The van der Waals surface area contributed by atoms with Crippen LogP contribution in [0.15, 0.2) is 54.6 Å². The zero-order valence-electron chi connectivity index (χ0n) is 14.6. The third kappa shape index (κ3) is 3.53. The van der Waals surface area contributed by atoms with E-state index in [-0.39, 0.29) is 24.4 Å². The second-order valence-corrected chi connectivity index (χ2v) is 6.89. The molecule has 1 aliphatic heterocycles. The first-order valence-electron chi connectivity index (χ1n) is 8.55. The van der Waals surface area contributed by atoms with Gasteiger partial charge in [0.2, 0.25) is 0 Å². The summed E-state index contributed by atoms with van der Waals surface area (Å²) in [4.78, 5) is 14.5. The third-order valence-electron chi connectivity index (χ3n) is 4.44. The molecule has 0 fully saturated rings. The first-order valence-corrected chi connectivity index (χ1v) is 8.93. The van der Waals surface area contributed by atoms with Crippen LogP contribution in [0, 0.1) is 5.82 Å². The van der Waals surface area contributed by atoms with E-state index in [1.54, 1.807) is 39.9 Å². The minimum Gasteiger partial charge on any atom is -0.487 e. The maximum atomic E-state index is 13.2. The third-order valence-corrected chi connectivity index (χ3v) is 4.67. The highest BCUT2D eigenvalue weighted by Crippen LogP contribution is 2.27. The fourth-order valence-electron chi connectivity index (χ4n) is 3.13. The molecule has 0 saturated carbocycles. The number of ether oxygens (including phenoxy) is 1. The number of hydrogen-bond donors (Lipinski definition) is 0. The van der Waals surface area contributed by atoms with E-state index in [1.807, 2.05) is 19.1 Å². The zero-order valence-corrected chi connectivity index (χ0v) is 15.4. The van der Waals surface area contributed by atoms with Crippen LogP contribution in [-0.2, 0) is 6.61 Å². The van der Waals surface area contributed by atoms with E-state index in [4.69, 9.17) is 16.3 Å². The summed E-state index contributed by atoms with van der Waals surface area (Å²) in [6.45, 7) is 2.69. The van der Waals surface area contributed by atoms with Gasteiger partial charge in [-0.3, -0.25) is 9.48 Å². The van der Waals surface area contributed by atoms with E-state index in [0.29, 0.717) is 34.4 Å². The Kier molecular flexibility index (Phi) is 4.58. The molecule has 4 rings (SSSR count). The molecule has 0 aliphatic carbocycles. The lowest BCUT2D eigenvalue weighted by Gasteiger charge is -2.31. The van der Waals surface area contributed by atoms with E-state index in [2.05, 4.69) is 5.10 Å². The molecule has 7 heteroatoms. The van der Waals surface area contributed by atoms with Gasteiger partial charge in [-0.05, 0) is 55.5 Å². The fourth-order valence-corrected chi connectivity index (χ4v) is 3.31. The Labute approximate surface area is 160 Å². The van der Waals surface area contributed by atoms with Crippen molar-refractivity contribution in [3.8, 4) is 5.75 Å². The van der Waals surface area contributed by atoms with E-state index < -0.39 is 0 Å². The molecule has 0 spiro atoms. The molecule has 3 aromatic rings. The van der Waals surface area contributed by atoms with Crippen molar-refractivity contribution in [2.24, 2.45) is 0 Å². The minimum absolute atomic E-state index is 0.0114. The molecule has 1 aromatic heterocycles. The quantitative estimate of drug-likeness (QED) is 0.665. The van der Waals surface area contributed by atoms with Crippen LogP contribution < -0.4 is 9.64 Å². The van der Waals surface area contributed by atoms with Crippen molar-refractivity contribution in [2.45, 2.75) is 19.6 Å². The van der Waals surface area contributed by atoms with Crippen molar-refractivity contribution in [3.05, 3.63) is 76.8 Å². The average Bonchev–Trinajstić information content (AvgIpc) is 3.09. The zero-order chi connectivity index (χ0) is 19.0. The second kappa shape index (κ2) is 7.04. The predicted molar refractivity (Wildman–Crippen MR) is 101 cm³/mol. The fraction of sp³-hybridized carbons (Fsp3) is 0.200. The standard InChI is InChI=1S/C20H17ClFN3O2/c1-13-11-24(17-7-5-15(22)6-8-17)20(26)19-10-16(23-25(13)19)12-27-18-4-2-3-14(21)9-18/h2-10,13H,11-12H2,1H3/t13-/m1/s1. The lowest BCUT2D eigenvalue weighted by Crippen LogP contribution is -2.42. The summed E-state index contributed by atoms with van der Waals surface area (Å²) in [7, 11) is 0. The van der Waals surface area contributed by atoms with Gasteiger partial charge in [0.1, 0.15) is 29.6 Å². The maximum Gasteiger partial charge on any atom is 0.276 e. The van der Waals surface area contributed by atoms with Crippen molar-refractivity contribution in [1.82, 2.24) is 9.78 Å². The highest BCUT2D eigenvalue weighted by atomic mass is 35.5. The van der Waals surface area contributed by atoms with Crippen LogP contribution in [-0.4, -0.2) is 22.2 Å². The average molecular weight is 386 g/mol. The first-order chi connectivity index (χ1) is 13.0. The van der Waals surface area contributed by atoms with Gasteiger partial charge in [0.05, 0.1) is 6.04 Å². The molecular weight excluding hydrogens is 369 g/mol. The lowest BCUT2D eigenvalue weighted by molar-refractivity contribution is 0.0953. The van der Waals surface area contributed by atoms with Gasteiger partial charge in [0, 0.05) is 17.3 Å². The van der Waals surface area contributed by atoms with Gasteiger partial charge in [0.25, 0.3) is 5.91 Å². The lowest BCUT2D eigenvalue weighted by atomic mass is 10.1. The topological polar surface area (TPSA) is 47.4 Å². The van der Waals surface area contributed by atoms with Crippen LogP contribution in [0.25, 0.3) is 0 Å². The smallest absolute Gasteiger partial charge is 0.276 e. The SMILES string of the molecule is C[C@@H]1CN(c2ccc(F)cc2)C(=O)c2cc(COc3cccc(Cl)c3)nn21.